The number of aliphatic hydroxyl groups is 2. The molecule has 1 aromatic carbocycles. The molecule has 7 heterocycles. The van der Waals surface area contributed by atoms with Gasteiger partial charge in [-0.25, -0.2) is 38.7 Å². The van der Waals surface area contributed by atoms with Gasteiger partial charge in [-0.3, -0.25) is 9.59 Å². The summed E-state index contributed by atoms with van der Waals surface area (Å²) in [5.41, 5.74) is 1.05. The molecule has 18 heteroatoms. The number of allylic oxidation sites excluding steroid dienone is 2. The maximum atomic E-state index is 13.1. The van der Waals surface area contributed by atoms with Gasteiger partial charge < -0.3 is 30.6 Å². The molecule has 0 spiro atoms. The van der Waals surface area contributed by atoms with Crippen LogP contribution in [0, 0.1) is 0 Å². The number of anilines is 4. The average Bonchev–Trinajstić information content (AvgIpc) is 3.76. The van der Waals surface area contributed by atoms with Gasteiger partial charge in [-0.05, 0) is 109 Å². The molecule has 7 aromatic rings. The van der Waals surface area contributed by atoms with Gasteiger partial charge in [0.1, 0.15) is 22.0 Å². The minimum absolute atomic E-state index is 0. The van der Waals surface area contributed by atoms with Crippen LogP contribution in [0.2, 0.25) is 0 Å². The van der Waals surface area contributed by atoms with Crippen molar-refractivity contribution in [3.63, 3.8) is 0 Å². The maximum absolute atomic E-state index is 13.1. The molecule has 0 atom stereocenters. The Labute approximate surface area is 427 Å². The molecular formula is C54H84N14O4. The van der Waals surface area contributed by atoms with Crippen molar-refractivity contribution in [2.45, 2.75) is 128 Å². The van der Waals surface area contributed by atoms with E-state index in [-0.39, 0.29) is 47.4 Å². The molecule has 18 nitrogen and oxygen atoms in total. The van der Waals surface area contributed by atoms with Crippen molar-refractivity contribution in [2.24, 2.45) is 0 Å². The topological polar surface area (TPSA) is 202 Å². The van der Waals surface area contributed by atoms with Crippen molar-refractivity contribution in [1.29, 1.82) is 0 Å². The lowest BCUT2D eigenvalue weighted by molar-refractivity contribution is 0.0733. The normalized spacial score (nSPS) is 12.3. The minimum atomic E-state index is -1.14. The quantitative estimate of drug-likeness (QED) is 0.0795. The van der Waals surface area contributed by atoms with Crippen LogP contribution in [-0.4, -0.2) is 104 Å². The van der Waals surface area contributed by atoms with Gasteiger partial charge in [0.15, 0.2) is 22.9 Å². The molecule has 0 unspecified atom stereocenters. The van der Waals surface area contributed by atoms with Gasteiger partial charge in [0, 0.05) is 43.9 Å². The number of pyridine rings is 2. The second kappa shape index (κ2) is 27.5. The lowest BCUT2D eigenvalue weighted by Crippen LogP contribution is -2.37. The molecule has 0 bridgehead atoms. The van der Waals surface area contributed by atoms with Crippen molar-refractivity contribution >= 4 is 45.3 Å². The molecule has 0 radical (unpaired) electrons. The first-order chi connectivity index (χ1) is 32.5. The van der Waals surface area contributed by atoms with E-state index in [9.17, 15) is 19.8 Å². The summed E-state index contributed by atoms with van der Waals surface area (Å²) in [4.78, 5) is 57.7. The third kappa shape index (κ3) is 14.5. The van der Waals surface area contributed by atoms with Gasteiger partial charge >= 0.3 is 0 Å². The second-order valence-electron chi connectivity index (χ2n) is 17.0. The van der Waals surface area contributed by atoms with Crippen LogP contribution in [0.25, 0.3) is 33.7 Å². The first-order valence-corrected chi connectivity index (χ1v) is 23.1. The van der Waals surface area contributed by atoms with E-state index < -0.39 is 11.2 Å². The number of hydrogen-bond donors (Lipinski definition) is 4. The predicted octanol–water partition coefficient (Wildman–Crippen LogP) is 9.69. The smallest absolute Gasteiger partial charge is 0.278 e. The largest absolute Gasteiger partial charge is 0.384 e. The van der Waals surface area contributed by atoms with Gasteiger partial charge in [0.05, 0.1) is 24.5 Å². The van der Waals surface area contributed by atoms with E-state index in [4.69, 9.17) is 0 Å². The molecule has 4 N–H and O–H groups in total. The number of rotatable bonds is 13. The Hall–Kier alpha value is -7.02. The van der Waals surface area contributed by atoms with Crippen LogP contribution < -0.4 is 26.7 Å². The number of aromatic nitrogens is 10. The molecule has 0 saturated carbocycles. The Morgan fingerprint density at radius 2 is 1.08 bits per heavy atom. The fourth-order valence-electron chi connectivity index (χ4n) is 7.30. The molecule has 1 aliphatic rings. The van der Waals surface area contributed by atoms with Crippen LogP contribution in [0.4, 0.5) is 23.3 Å². The Balaban J connectivity index is 0.000000641. The van der Waals surface area contributed by atoms with Crippen molar-refractivity contribution in [3.05, 3.63) is 130 Å². The van der Waals surface area contributed by atoms with E-state index >= 15 is 0 Å². The number of nitrogens with one attached hydrogen (secondary N) is 2. The van der Waals surface area contributed by atoms with Gasteiger partial charge in [-0.1, -0.05) is 81.7 Å². The highest BCUT2D eigenvalue weighted by molar-refractivity contribution is 5.78. The summed E-state index contributed by atoms with van der Waals surface area (Å²) in [6.45, 7) is 24.8. The monoisotopic (exact) mass is 993 g/mol. The third-order valence-electron chi connectivity index (χ3n) is 10.8. The Kier molecular flexibility index (Phi) is 24.1. The lowest BCUT2D eigenvalue weighted by Gasteiger charge is -2.29. The number of piperidine rings is 1. The lowest BCUT2D eigenvalue weighted by atomic mass is 10.1. The number of nitrogens with zero attached hydrogens (tertiary/aromatic N) is 12. The van der Waals surface area contributed by atoms with E-state index in [2.05, 4.69) is 65.6 Å². The molecule has 6 aromatic heterocycles. The van der Waals surface area contributed by atoms with Gasteiger partial charge in [0.25, 0.3) is 11.1 Å². The zero-order chi connectivity index (χ0) is 49.9. The van der Waals surface area contributed by atoms with Crippen molar-refractivity contribution in [2.75, 3.05) is 49.8 Å². The van der Waals surface area contributed by atoms with Gasteiger partial charge in [-0.15, -0.1) is 13.2 Å². The zero-order valence-corrected chi connectivity index (χ0v) is 41.4. The predicted molar refractivity (Wildman–Crippen MR) is 301 cm³/mol. The Bertz CT molecular complexity index is 2910. The number of benzene rings is 1. The van der Waals surface area contributed by atoms with E-state index in [0.29, 0.717) is 69.6 Å². The van der Waals surface area contributed by atoms with E-state index in [1.165, 1.54) is 15.6 Å². The van der Waals surface area contributed by atoms with Crippen LogP contribution in [0.15, 0.2) is 108 Å². The van der Waals surface area contributed by atoms with Crippen LogP contribution >= 0.6 is 0 Å². The van der Waals surface area contributed by atoms with Crippen molar-refractivity contribution in [1.82, 2.24) is 53.5 Å². The highest BCUT2D eigenvalue weighted by Crippen LogP contribution is 2.25. The zero-order valence-electron chi connectivity index (χ0n) is 41.4. The molecule has 1 fully saturated rings. The van der Waals surface area contributed by atoms with Gasteiger partial charge in [-0.2, -0.15) is 9.97 Å². The van der Waals surface area contributed by atoms with Crippen molar-refractivity contribution < 1.29 is 10.2 Å². The minimum Gasteiger partial charge on any atom is -0.384 e. The summed E-state index contributed by atoms with van der Waals surface area (Å²) in [6.07, 6.45) is 8.39. The summed E-state index contributed by atoms with van der Waals surface area (Å²) in [5, 5.41) is 28.2. The summed E-state index contributed by atoms with van der Waals surface area (Å²) in [6, 6.07) is 18.8. The number of fused-ring (bicyclic) bond motifs is 2. The highest BCUT2D eigenvalue weighted by Gasteiger charge is 2.24. The van der Waals surface area contributed by atoms with Gasteiger partial charge in [0.2, 0.25) is 11.9 Å². The van der Waals surface area contributed by atoms with Crippen LogP contribution in [0.3, 0.4) is 0 Å². The van der Waals surface area contributed by atoms with E-state index in [1.54, 1.807) is 85.7 Å². The molecular weight excluding hydrogens is 909 g/mol. The highest BCUT2D eigenvalue weighted by atomic mass is 16.3. The molecule has 72 heavy (non-hydrogen) atoms. The van der Waals surface area contributed by atoms with Crippen LogP contribution in [0.5, 0.6) is 0 Å². The summed E-state index contributed by atoms with van der Waals surface area (Å²) >= 11 is 0. The third-order valence-corrected chi connectivity index (χ3v) is 10.8. The Morgan fingerprint density at radius 3 is 1.49 bits per heavy atom. The molecule has 1 aliphatic heterocycles. The Morgan fingerprint density at radius 1 is 0.667 bits per heavy atom. The molecule has 0 aliphatic carbocycles. The first kappa shape index (κ1) is 63.0. The number of hydrogen-bond acceptors (Lipinski definition) is 14. The fourth-order valence-corrected chi connectivity index (χ4v) is 7.30. The van der Waals surface area contributed by atoms with E-state index in [1.807, 2.05) is 77.0 Å². The van der Waals surface area contributed by atoms with Crippen molar-refractivity contribution in [3.8, 4) is 11.6 Å². The summed E-state index contributed by atoms with van der Waals surface area (Å²) < 4.78 is 6.34. The average molecular weight is 993 g/mol. The first-order valence-electron chi connectivity index (χ1n) is 23.1. The SMILES string of the molecule is C.C.C.C.C=CCn1c(=O)c2cnc(NC3CCN(C)CC3)nc2n1-c1cccc(C(C)(C)O)n1.C=CCn1c(=O)c2cnc(Nc3ccc(N(C)C)cc3)nc2n1-c1cccc(C(C)(C)O)n1.CC.CC. The summed E-state index contributed by atoms with van der Waals surface area (Å²) in [7, 11) is 6.08. The molecule has 1 saturated heterocycles. The standard InChI is InChI=1S/C24H27N7O2.C22H29N7O2.2C2H6.4CH4/c1-6-14-30-22(32)18-15-25-23(26-16-10-12-17(13-11-16)29(4)5)28-21(18)31(30)20-9-7-8-19(27-20)24(2,3)33;1-5-11-28-20(30)16-14-23-21(24-15-9-12-27(4)13-10-15)26-19(16)29(28)18-8-6-7-17(25-18)22(2,3)31;2*1-2;;;;/h6-13,15,33H,1,14H2,2-5H3,(H,25,26,28);5-8,14-15,31H,1,9-13H2,2-4H3,(H,23,24,26);2*1-2H3;4*1H4. The molecule has 8 rings (SSSR count). The van der Waals surface area contributed by atoms with Crippen LogP contribution in [0.1, 0.15) is 109 Å². The fraction of sp³-hybridized carbons (Fsp3) is 0.444. The number of likely N-dealkylation sites (tertiary alicyclic amines) is 1. The van der Waals surface area contributed by atoms with E-state index in [0.717, 1.165) is 37.3 Å². The molecule has 394 valence electrons. The maximum Gasteiger partial charge on any atom is 0.278 e. The van der Waals surface area contributed by atoms with Crippen LogP contribution in [-0.2, 0) is 24.3 Å². The summed E-state index contributed by atoms with van der Waals surface area (Å²) in [5.74, 6) is 1.80. The molecule has 0 amide bonds. The second-order valence-corrected chi connectivity index (χ2v) is 17.0.